The molecule has 0 radical (unpaired) electrons. The third-order valence-electron chi connectivity index (χ3n) is 4.95. The molecule has 0 bridgehead atoms. The van der Waals surface area contributed by atoms with Gasteiger partial charge in [0.05, 0.1) is 5.75 Å². The van der Waals surface area contributed by atoms with Gasteiger partial charge >= 0.3 is 0 Å². The lowest BCUT2D eigenvalue weighted by Crippen LogP contribution is -2.43. The molecular weight excluding hydrogens is 388 g/mol. The predicted octanol–water partition coefficient (Wildman–Crippen LogP) is 1.73. The number of hydrogen-bond donors (Lipinski definition) is 2. The van der Waals surface area contributed by atoms with Crippen LogP contribution in [0.15, 0.2) is 29.3 Å². The number of fused-ring (bicyclic) bond motifs is 1. The SMILES string of the molecule is CCNC(=NCCCC(=O)N1CCc2ccccc2C1)NC(C)CCS(C)(=O)=O. The molecule has 8 heteroatoms. The Kier molecular flexibility index (Phi) is 8.95. The van der Waals surface area contributed by atoms with Gasteiger partial charge in [-0.1, -0.05) is 24.3 Å². The summed E-state index contributed by atoms with van der Waals surface area (Å²) in [5.74, 6) is 0.982. The normalized spacial score (nSPS) is 15.6. The van der Waals surface area contributed by atoms with Crippen molar-refractivity contribution in [2.45, 2.75) is 52.1 Å². The van der Waals surface area contributed by atoms with Crippen LogP contribution < -0.4 is 10.6 Å². The van der Waals surface area contributed by atoms with Crippen molar-refractivity contribution < 1.29 is 13.2 Å². The molecule has 0 aliphatic carbocycles. The van der Waals surface area contributed by atoms with Gasteiger partial charge in [0.1, 0.15) is 9.84 Å². The molecule has 0 spiro atoms. The molecule has 1 aromatic rings. The standard InChI is InChI=1S/C21H34N4O3S/c1-4-22-21(24-17(2)12-15-29(3,27)28)23-13-7-10-20(26)25-14-11-18-8-5-6-9-19(18)16-25/h5-6,8-9,17H,4,7,10-16H2,1-3H3,(H2,22,23,24). The molecule has 29 heavy (non-hydrogen) atoms. The average Bonchev–Trinajstić information content (AvgIpc) is 2.68. The lowest BCUT2D eigenvalue weighted by Gasteiger charge is -2.29. The van der Waals surface area contributed by atoms with Gasteiger partial charge < -0.3 is 15.5 Å². The van der Waals surface area contributed by atoms with E-state index in [9.17, 15) is 13.2 Å². The Labute approximate surface area is 174 Å². The van der Waals surface area contributed by atoms with Crippen LogP contribution in [0.4, 0.5) is 0 Å². The first-order valence-electron chi connectivity index (χ1n) is 10.4. The number of nitrogens with one attached hydrogen (secondary N) is 2. The molecule has 1 aromatic carbocycles. The molecule has 0 saturated carbocycles. The highest BCUT2D eigenvalue weighted by Crippen LogP contribution is 2.19. The Hall–Kier alpha value is -2.09. The first-order chi connectivity index (χ1) is 13.8. The number of guanidine groups is 1. The minimum Gasteiger partial charge on any atom is -0.357 e. The van der Waals surface area contributed by atoms with Crippen molar-refractivity contribution in [3.8, 4) is 0 Å². The highest BCUT2D eigenvalue weighted by molar-refractivity contribution is 7.90. The van der Waals surface area contributed by atoms with Crippen LogP contribution >= 0.6 is 0 Å². The van der Waals surface area contributed by atoms with Gasteiger partial charge in [0.2, 0.25) is 5.91 Å². The Morgan fingerprint density at radius 1 is 1.28 bits per heavy atom. The van der Waals surface area contributed by atoms with Crippen molar-refractivity contribution in [2.24, 2.45) is 4.99 Å². The first kappa shape index (κ1) is 23.2. The van der Waals surface area contributed by atoms with Crippen LogP contribution in [0.3, 0.4) is 0 Å². The summed E-state index contributed by atoms with van der Waals surface area (Å²) >= 11 is 0. The Morgan fingerprint density at radius 2 is 2.00 bits per heavy atom. The van der Waals surface area contributed by atoms with Gasteiger partial charge in [-0.15, -0.1) is 0 Å². The van der Waals surface area contributed by atoms with Gasteiger partial charge in [0, 0.05) is 44.9 Å². The van der Waals surface area contributed by atoms with Crippen molar-refractivity contribution in [3.05, 3.63) is 35.4 Å². The third-order valence-corrected chi connectivity index (χ3v) is 5.93. The van der Waals surface area contributed by atoms with Crippen LogP contribution in [0, 0.1) is 0 Å². The number of aliphatic imine (C=N–C) groups is 1. The van der Waals surface area contributed by atoms with Crippen molar-refractivity contribution in [1.29, 1.82) is 0 Å². The van der Waals surface area contributed by atoms with Crippen LogP contribution in [-0.2, 0) is 27.6 Å². The quantitative estimate of drug-likeness (QED) is 0.359. The maximum atomic E-state index is 12.5. The van der Waals surface area contributed by atoms with E-state index >= 15 is 0 Å². The molecule has 1 aliphatic rings. The highest BCUT2D eigenvalue weighted by Gasteiger charge is 2.19. The summed E-state index contributed by atoms with van der Waals surface area (Å²) in [5, 5.41) is 6.40. The number of benzene rings is 1. The smallest absolute Gasteiger partial charge is 0.222 e. The van der Waals surface area contributed by atoms with E-state index in [0.717, 1.165) is 19.5 Å². The number of hydrogen-bond acceptors (Lipinski definition) is 4. The minimum absolute atomic E-state index is 0.00225. The summed E-state index contributed by atoms with van der Waals surface area (Å²) in [6.07, 6.45) is 3.86. The van der Waals surface area contributed by atoms with E-state index in [1.165, 1.54) is 17.4 Å². The predicted molar refractivity (Wildman–Crippen MR) is 118 cm³/mol. The zero-order valence-corrected chi connectivity index (χ0v) is 18.6. The maximum absolute atomic E-state index is 12.5. The molecule has 2 rings (SSSR count). The van der Waals surface area contributed by atoms with Gasteiger partial charge in [-0.05, 0) is 44.2 Å². The topological polar surface area (TPSA) is 90.9 Å². The Balaban J connectivity index is 1.76. The van der Waals surface area contributed by atoms with Crippen molar-refractivity contribution >= 4 is 21.7 Å². The molecular formula is C21H34N4O3S. The summed E-state index contributed by atoms with van der Waals surface area (Å²) in [7, 11) is -2.97. The van der Waals surface area contributed by atoms with Crippen molar-refractivity contribution in [3.63, 3.8) is 0 Å². The summed E-state index contributed by atoms with van der Waals surface area (Å²) in [5.41, 5.74) is 2.58. The fraction of sp³-hybridized carbons (Fsp3) is 0.619. The monoisotopic (exact) mass is 422 g/mol. The summed E-state index contributed by atoms with van der Waals surface area (Å²) < 4.78 is 22.6. The van der Waals surface area contributed by atoms with Crippen LogP contribution in [0.1, 0.15) is 44.2 Å². The number of rotatable bonds is 9. The Bertz CT molecular complexity index is 808. The average molecular weight is 423 g/mol. The lowest BCUT2D eigenvalue weighted by atomic mass is 9.99. The molecule has 1 amide bonds. The van der Waals surface area contributed by atoms with Gasteiger partial charge in [0.15, 0.2) is 5.96 Å². The second-order valence-corrected chi connectivity index (χ2v) is 9.92. The molecule has 7 nitrogen and oxygen atoms in total. The zero-order chi connectivity index (χ0) is 21.3. The molecule has 0 aromatic heterocycles. The molecule has 0 saturated heterocycles. The van der Waals surface area contributed by atoms with E-state index < -0.39 is 9.84 Å². The first-order valence-corrected chi connectivity index (χ1v) is 12.4. The number of carbonyl (C=O) groups excluding carboxylic acids is 1. The largest absolute Gasteiger partial charge is 0.357 e. The molecule has 1 atom stereocenters. The molecule has 1 aliphatic heterocycles. The number of sulfone groups is 1. The van der Waals surface area contributed by atoms with Crippen molar-refractivity contribution in [1.82, 2.24) is 15.5 Å². The number of carbonyl (C=O) groups is 1. The summed E-state index contributed by atoms with van der Waals surface area (Å²) in [6.45, 7) is 6.66. The highest BCUT2D eigenvalue weighted by atomic mass is 32.2. The van der Waals surface area contributed by atoms with Gasteiger partial charge in [-0.2, -0.15) is 0 Å². The van der Waals surface area contributed by atoms with Crippen LogP contribution in [-0.4, -0.2) is 62.9 Å². The molecule has 2 N–H and O–H groups in total. The molecule has 1 heterocycles. The van der Waals surface area contributed by atoms with E-state index in [1.54, 1.807) is 0 Å². The van der Waals surface area contributed by atoms with E-state index in [-0.39, 0.29) is 17.7 Å². The minimum atomic E-state index is -2.97. The van der Waals surface area contributed by atoms with Crippen molar-refractivity contribution in [2.75, 3.05) is 31.6 Å². The summed E-state index contributed by atoms with van der Waals surface area (Å²) in [6, 6.07) is 8.30. The van der Waals surface area contributed by atoms with E-state index in [1.807, 2.05) is 30.9 Å². The molecule has 0 fully saturated rings. The van der Waals surface area contributed by atoms with Gasteiger partial charge in [-0.3, -0.25) is 9.79 Å². The van der Waals surface area contributed by atoms with E-state index in [2.05, 4.69) is 27.8 Å². The fourth-order valence-corrected chi connectivity index (χ4v) is 4.09. The number of nitrogens with zero attached hydrogens (tertiary/aromatic N) is 2. The van der Waals surface area contributed by atoms with Crippen LogP contribution in [0.2, 0.25) is 0 Å². The second-order valence-electron chi connectivity index (χ2n) is 7.66. The van der Waals surface area contributed by atoms with E-state index in [0.29, 0.717) is 38.3 Å². The summed E-state index contributed by atoms with van der Waals surface area (Å²) in [4.78, 5) is 19.0. The van der Waals surface area contributed by atoms with E-state index in [4.69, 9.17) is 0 Å². The van der Waals surface area contributed by atoms with Crippen LogP contribution in [0.5, 0.6) is 0 Å². The molecule has 162 valence electrons. The zero-order valence-electron chi connectivity index (χ0n) is 17.8. The maximum Gasteiger partial charge on any atom is 0.222 e. The number of amides is 1. The third kappa shape index (κ3) is 8.43. The van der Waals surface area contributed by atoms with Gasteiger partial charge in [0.25, 0.3) is 0 Å². The second kappa shape index (κ2) is 11.2. The Morgan fingerprint density at radius 3 is 2.69 bits per heavy atom. The molecule has 1 unspecified atom stereocenters. The van der Waals surface area contributed by atoms with Gasteiger partial charge in [-0.25, -0.2) is 8.42 Å². The van der Waals surface area contributed by atoms with Crippen LogP contribution in [0.25, 0.3) is 0 Å². The fourth-order valence-electron chi connectivity index (χ4n) is 3.30. The lowest BCUT2D eigenvalue weighted by molar-refractivity contribution is -0.132.